The number of pyridine rings is 1. The van der Waals surface area contributed by atoms with Crippen molar-refractivity contribution in [2.75, 3.05) is 7.11 Å². The molecule has 5 heteroatoms. The maximum atomic E-state index is 12.3. The highest BCUT2D eigenvalue weighted by Gasteiger charge is 2.14. The summed E-state index contributed by atoms with van der Waals surface area (Å²) in [5, 5.41) is 0. The molecule has 0 aliphatic carbocycles. The predicted molar refractivity (Wildman–Crippen MR) is 45.3 cm³/mol. The highest BCUT2D eigenvalue weighted by Crippen LogP contribution is 2.20. The Balaban J connectivity index is 3.13. The summed E-state index contributed by atoms with van der Waals surface area (Å²) in [6.07, 6.45) is -2.61. The quantitative estimate of drug-likeness (QED) is 0.688. The van der Waals surface area contributed by atoms with E-state index in [9.17, 15) is 13.6 Å². The van der Waals surface area contributed by atoms with Crippen molar-refractivity contribution >= 4 is 5.97 Å². The summed E-state index contributed by atoms with van der Waals surface area (Å²) in [4.78, 5) is 14.8. The smallest absolute Gasteiger partial charge is 0.356 e. The third-order valence-electron chi connectivity index (χ3n) is 1.62. The van der Waals surface area contributed by atoms with Crippen LogP contribution in [0.4, 0.5) is 8.78 Å². The van der Waals surface area contributed by atoms with Gasteiger partial charge in [0.15, 0.2) is 0 Å². The Morgan fingerprint density at radius 3 is 2.64 bits per heavy atom. The molecular weight excluding hydrogens is 192 g/mol. The van der Waals surface area contributed by atoms with Crippen molar-refractivity contribution in [2.45, 2.75) is 13.3 Å². The Kier molecular flexibility index (Phi) is 3.11. The Bertz CT molecular complexity index is 353. The van der Waals surface area contributed by atoms with E-state index in [0.29, 0.717) is 5.69 Å². The Morgan fingerprint density at radius 1 is 1.50 bits per heavy atom. The molecule has 0 bridgehead atoms. The van der Waals surface area contributed by atoms with Gasteiger partial charge in [-0.1, -0.05) is 0 Å². The number of nitrogens with zero attached hydrogens (tertiary/aromatic N) is 1. The van der Waals surface area contributed by atoms with Crippen molar-refractivity contribution in [1.29, 1.82) is 0 Å². The zero-order valence-electron chi connectivity index (χ0n) is 7.75. The second-order valence-electron chi connectivity index (χ2n) is 2.72. The van der Waals surface area contributed by atoms with Crippen molar-refractivity contribution in [2.24, 2.45) is 0 Å². The molecule has 3 nitrogen and oxygen atoms in total. The average Bonchev–Trinajstić information content (AvgIpc) is 2.15. The number of alkyl halides is 2. The molecule has 0 aliphatic heterocycles. The first kappa shape index (κ1) is 10.6. The minimum Gasteiger partial charge on any atom is -0.464 e. The molecule has 1 rings (SSSR count). The second kappa shape index (κ2) is 4.13. The second-order valence-corrected chi connectivity index (χ2v) is 2.72. The molecule has 0 aliphatic rings. The number of methoxy groups -OCH3 is 1. The molecule has 0 saturated carbocycles. The topological polar surface area (TPSA) is 39.2 Å². The summed E-state index contributed by atoms with van der Waals surface area (Å²) in [5.74, 6) is -0.712. The van der Waals surface area contributed by atoms with E-state index < -0.39 is 12.4 Å². The van der Waals surface area contributed by atoms with Crippen molar-refractivity contribution in [3.63, 3.8) is 0 Å². The van der Waals surface area contributed by atoms with Crippen LogP contribution in [0.15, 0.2) is 12.1 Å². The van der Waals surface area contributed by atoms with Crippen LogP contribution in [0.3, 0.4) is 0 Å². The number of rotatable bonds is 2. The van der Waals surface area contributed by atoms with Crippen LogP contribution in [0, 0.1) is 6.92 Å². The van der Waals surface area contributed by atoms with Gasteiger partial charge in [0, 0.05) is 11.3 Å². The van der Waals surface area contributed by atoms with E-state index in [4.69, 9.17) is 0 Å². The van der Waals surface area contributed by atoms with Crippen LogP contribution in [0.5, 0.6) is 0 Å². The van der Waals surface area contributed by atoms with Crippen LogP contribution in [-0.2, 0) is 4.74 Å². The van der Waals surface area contributed by atoms with Crippen LogP contribution in [-0.4, -0.2) is 18.1 Å². The molecule has 1 aromatic heterocycles. The van der Waals surface area contributed by atoms with E-state index in [1.807, 2.05) is 0 Å². The summed E-state index contributed by atoms with van der Waals surface area (Å²) in [6.45, 7) is 1.54. The van der Waals surface area contributed by atoms with E-state index in [2.05, 4.69) is 9.72 Å². The largest absolute Gasteiger partial charge is 0.464 e. The molecule has 0 amide bonds. The van der Waals surface area contributed by atoms with Crippen molar-refractivity contribution in [1.82, 2.24) is 4.98 Å². The van der Waals surface area contributed by atoms with Crippen LogP contribution in [0.2, 0.25) is 0 Å². The van der Waals surface area contributed by atoms with Gasteiger partial charge in [-0.15, -0.1) is 0 Å². The summed E-state index contributed by atoms with van der Waals surface area (Å²) in [6, 6.07) is 2.26. The lowest BCUT2D eigenvalue weighted by Crippen LogP contribution is -2.06. The molecule has 0 radical (unpaired) electrons. The normalized spacial score (nSPS) is 10.4. The first-order valence-electron chi connectivity index (χ1n) is 3.89. The van der Waals surface area contributed by atoms with Gasteiger partial charge in [-0.05, 0) is 19.1 Å². The minimum atomic E-state index is -2.61. The summed E-state index contributed by atoms with van der Waals surface area (Å²) >= 11 is 0. The molecule has 14 heavy (non-hydrogen) atoms. The van der Waals surface area contributed by atoms with Gasteiger partial charge in [0.1, 0.15) is 5.69 Å². The number of hydrogen-bond donors (Lipinski definition) is 0. The van der Waals surface area contributed by atoms with Crippen LogP contribution in [0.25, 0.3) is 0 Å². The highest BCUT2D eigenvalue weighted by molar-refractivity contribution is 5.87. The molecule has 0 unspecified atom stereocenters. The van der Waals surface area contributed by atoms with Gasteiger partial charge in [0.25, 0.3) is 6.43 Å². The lowest BCUT2D eigenvalue weighted by atomic mass is 10.2. The maximum Gasteiger partial charge on any atom is 0.356 e. The molecule has 0 atom stereocenters. The van der Waals surface area contributed by atoms with E-state index in [1.54, 1.807) is 6.92 Å². The summed E-state index contributed by atoms with van der Waals surface area (Å²) < 4.78 is 29.0. The van der Waals surface area contributed by atoms with Crippen LogP contribution in [0.1, 0.15) is 28.2 Å². The lowest BCUT2D eigenvalue weighted by Gasteiger charge is -2.04. The van der Waals surface area contributed by atoms with E-state index >= 15 is 0 Å². The third kappa shape index (κ3) is 2.25. The first-order valence-corrected chi connectivity index (χ1v) is 3.89. The van der Waals surface area contributed by atoms with Gasteiger partial charge in [0.2, 0.25) is 0 Å². The average molecular weight is 201 g/mol. The molecule has 76 valence electrons. The molecular formula is C9H9F2NO2. The Labute approximate surface area is 79.7 Å². The van der Waals surface area contributed by atoms with Crippen LogP contribution >= 0.6 is 0 Å². The Hall–Kier alpha value is -1.52. The summed E-state index contributed by atoms with van der Waals surface area (Å²) in [5.41, 5.74) is 0.0453. The van der Waals surface area contributed by atoms with Crippen molar-refractivity contribution in [3.8, 4) is 0 Å². The van der Waals surface area contributed by atoms with Gasteiger partial charge in [-0.3, -0.25) is 0 Å². The van der Waals surface area contributed by atoms with Crippen LogP contribution < -0.4 is 0 Å². The fourth-order valence-corrected chi connectivity index (χ4v) is 1.03. The zero-order chi connectivity index (χ0) is 10.7. The fourth-order valence-electron chi connectivity index (χ4n) is 1.03. The molecule has 0 aromatic carbocycles. The van der Waals surface area contributed by atoms with E-state index in [0.717, 1.165) is 6.07 Å². The highest BCUT2D eigenvalue weighted by atomic mass is 19.3. The van der Waals surface area contributed by atoms with E-state index in [1.165, 1.54) is 13.2 Å². The SMILES string of the molecule is COC(=O)c1cc(C(F)F)cc(C)n1. The number of aryl methyl sites for hydroxylation is 1. The molecule has 0 saturated heterocycles. The van der Waals surface area contributed by atoms with Gasteiger partial charge < -0.3 is 4.74 Å². The maximum absolute atomic E-state index is 12.3. The third-order valence-corrected chi connectivity index (χ3v) is 1.62. The standard InChI is InChI=1S/C9H9F2NO2/c1-5-3-6(8(10)11)4-7(12-5)9(13)14-2/h3-4,8H,1-2H3. The molecule has 1 heterocycles. The van der Waals surface area contributed by atoms with Crippen molar-refractivity contribution in [3.05, 3.63) is 29.1 Å². The number of halogens is 2. The van der Waals surface area contributed by atoms with Gasteiger partial charge in [-0.2, -0.15) is 0 Å². The molecule has 1 aromatic rings. The zero-order valence-corrected chi connectivity index (χ0v) is 7.75. The van der Waals surface area contributed by atoms with Gasteiger partial charge >= 0.3 is 5.97 Å². The van der Waals surface area contributed by atoms with E-state index in [-0.39, 0.29) is 11.3 Å². The minimum absolute atomic E-state index is 0.0946. The number of ether oxygens (including phenoxy) is 1. The van der Waals surface area contributed by atoms with Crippen molar-refractivity contribution < 1.29 is 18.3 Å². The number of hydrogen-bond acceptors (Lipinski definition) is 3. The first-order chi connectivity index (χ1) is 6.54. The lowest BCUT2D eigenvalue weighted by molar-refractivity contribution is 0.0593. The molecule has 0 fully saturated rings. The fraction of sp³-hybridized carbons (Fsp3) is 0.333. The van der Waals surface area contributed by atoms with Gasteiger partial charge in [-0.25, -0.2) is 18.6 Å². The number of carbonyl (C=O) groups is 1. The Morgan fingerprint density at radius 2 is 2.14 bits per heavy atom. The number of esters is 1. The molecule has 0 spiro atoms. The summed E-state index contributed by atoms with van der Waals surface area (Å²) in [7, 11) is 1.17. The monoisotopic (exact) mass is 201 g/mol. The predicted octanol–water partition coefficient (Wildman–Crippen LogP) is 2.11. The number of carbonyl (C=O) groups excluding carboxylic acids is 1. The van der Waals surface area contributed by atoms with Gasteiger partial charge in [0.05, 0.1) is 7.11 Å². The molecule has 0 N–H and O–H groups in total. The number of aromatic nitrogens is 1.